The van der Waals surface area contributed by atoms with E-state index < -0.39 is 0 Å². The summed E-state index contributed by atoms with van der Waals surface area (Å²) in [5.74, 6) is 2.58. The molecule has 1 unspecified atom stereocenters. The number of hydrogen-bond donors (Lipinski definition) is 2. The molecule has 0 aromatic heterocycles. The van der Waals surface area contributed by atoms with Crippen LogP contribution in [0, 0.1) is 0 Å². The number of hydrogen-bond acceptors (Lipinski definition) is 4. The number of benzene rings is 1. The summed E-state index contributed by atoms with van der Waals surface area (Å²) in [6, 6.07) is 4.17. The van der Waals surface area contributed by atoms with Gasteiger partial charge in [0.25, 0.3) is 0 Å². The Hall–Kier alpha value is -1.95. The zero-order valence-corrected chi connectivity index (χ0v) is 16.2. The first kappa shape index (κ1) is 19.4. The van der Waals surface area contributed by atoms with Crippen LogP contribution in [0.25, 0.3) is 0 Å². The molecule has 1 aliphatic heterocycles. The van der Waals surface area contributed by atoms with Crippen LogP contribution in [0.15, 0.2) is 17.1 Å². The average molecular weight is 349 g/mol. The van der Waals surface area contributed by atoms with Gasteiger partial charge in [-0.3, -0.25) is 4.99 Å². The number of rotatable bonds is 7. The van der Waals surface area contributed by atoms with Crippen molar-refractivity contribution in [3.8, 4) is 11.5 Å². The van der Waals surface area contributed by atoms with Crippen LogP contribution in [-0.2, 0) is 17.7 Å². The lowest BCUT2D eigenvalue weighted by atomic mass is 10.1. The molecule has 2 N–H and O–H groups in total. The van der Waals surface area contributed by atoms with Crippen LogP contribution in [0.4, 0.5) is 0 Å². The van der Waals surface area contributed by atoms with Gasteiger partial charge in [-0.2, -0.15) is 0 Å². The standard InChI is InChI=1S/C19H31N3O3/c1-7-24-16-9-14-8-13(2)25-17(14)10-15(16)11-21-18(20-5)22-12-19(3,4)23-6/h9-10,13H,7-8,11-12H2,1-6H3,(H2,20,21,22). The lowest BCUT2D eigenvalue weighted by molar-refractivity contribution is 0.0268. The molecule has 1 heterocycles. The van der Waals surface area contributed by atoms with E-state index in [2.05, 4.69) is 34.7 Å². The Kier molecular flexibility index (Phi) is 6.53. The van der Waals surface area contributed by atoms with Crippen molar-refractivity contribution in [1.29, 1.82) is 0 Å². The molecule has 1 aliphatic rings. The minimum absolute atomic E-state index is 0.221. The van der Waals surface area contributed by atoms with E-state index in [1.165, 1.54) is 5.56 Å². The number of aliphatic imine (C=N–C) groups is 1. The van der Waals surface area contributed by atoms with Crippen molar-refractivity contribution in [3.63, 3.8) is 0 Å². The molecule has 0 spiro atoms. The molecule has 1 atom stereocenters. The van der Waals surface area contributed by atoms with Gasteiger partial charge in [0, 0.05) is 44.8 Å². The number of fused-ring (bicyclic) bond motifs is 1. The summed E-state index contributed by atoms with van der Waals surface area (Å²) < 4.78 is 17.1. The molecule has 25 heavy (non-hydrogen) atoms. The smallest absolute Gasteiger partial charge is 0.191 e. The van der Waals surface area contributed by atoms with E-state index in [1.54, 1.807) is 14.2 Å². The van der Waals surface area contributed by atoms with E-state index in [0.717, 1.165) is 29.4 Å². The third kappa shape index (κ3) is 5.26. The fraction of sp³-hybridized carbons (Fsp3) is 0.632. The highest BCUT2D eigenvalue weighted by atomic mass is 16.5. The monoisotopic (exact) mass is 349 g/mol. The Morgan fingerprint density at radius 3 is 2.76 bits per heavy atom. The molecule has 0 saturated heterocycles. The normalized spacial score (nSPS) is 17.0. The second-order valence-electron chi connectivity index (χ2n) is 6.88. The summed E-state index contributed by atoms with van der Waals surface area (Å²) in [7, 11) is 3.46. The number of nitrogens with one attached hydrogen (secondary N) is 2. The zero-order chi connectivity index (χ0) is 18.4. The quantitative estimate of drug-likeness (QED) is 0.585. The molecule has 0 bridgehead atoms. The maximum absolute atomic E-state index is 5.87. The fourth-order valence-corrected chi connectivity index (χ4v) is 2.68. The van der Waals surface area contributed by atoms with Crippen LogP contribution in [0.3, 0.4) is 0 Å². The largest absolute Gasteiger partial charge is 0.494 e. The molecular formula is C19H31N3O3. The van der Waals surface area contributed by atoms with Crippen molar-refractivity contribution in [1.82, 2.24) is 10.6 Å². The Bertz CT molecular complexity index is 614. The highest BCUT2D eigenvalue weighted by Crippen LogP contribution is 2.35. The third-order valence-corrected chi connectivity index (χ3v) is 4.28. The fourth-order valence-electron chi connectivity index (χ4n) is 2.68. The van der Waals surface area contributed by atoms with Gasteiger partial charge in [-0.1, -0.05) is 0 Å². The topological polar surface area (TPSA) is 64.1 Å². The number of ether oxygens (including phenoxy) is 3. The van der Waals surface area contributed by atoms with Crippen LogP contribution >= 0.6 is 0 Å². The third-order valence-electron chi connectivity index (χ3n) is 4.28. The van der Waals surface area contributed by atoms with Gasteiger partial charge in [0.15, 0.2) is 5.96 Å². The van der Waals surface area contributed by atoms with Gasteiger partial charge in [0.1, 0.15) is 17.6 Å². The maximum atomic E-state index is 5.87. The molecular weight excluding hydrogens is 318 g/mol. The summed E-state index contributed by atoms with van der Waals surface area (Å²) in [4.78, 5) is 4.27. The van der Waals surface area contributed by atoms with Crippen molar-refractivity contribution in [2.75, 3.05) is 27.3 Å². The number of nitrogens with zero attached hydrogens (tertiary/aromatic N) is 1. The highest BCUT2D eigenvalue weighted by molar-refractivity contribution is 5.79. The number of methoxy groups -OCH3 is 1. The Labute approximate surface area is 151 Å². The predicted molar refractivity (Wildman–Crippen MR) is 101 cm³/mol. The molecule has 1 aromatic carbocycles. The second kappa shape index (κ2) is 8.43. The second-order valence-corrected chi connectivity index (χ2v) is 6.88. The van der Waals surface area contributed by atoms with Crippen LogP contribution < -0.4 is 20.1 Å². The molecule has 6 heteroatoms. The molecule has 140 valence electrons. The summed E-state index contributed by atoms with van der Waals surface area (Å²) in [6.07, 6.45) is 1.15. The summed E-state index contributed by atoms with van der Waals surface area (Å²) >= 11 is 0. The molecule has 0 amide bonds. The zero-order valence-electron chi connectivity index (χ0n) is 16.2. The van der Waals surface area contributed by atoms with E-state index in [-0.39, 0.29) is 11.7 Å². The van der Waals surface area contributed by atoms with Crippen molar-refractivity contribution >= 4 is 5.96 Å². The van der Waals surface area contributed by atoms with Crippen molar-refractivity contribution in [2.24, 2.45) is 4.99 Å². The van der Waals surface area contributed by atoms with E-state index >= 15 is 0 Å². The van der Waals surface area contributed by atoms with Gasteiger partial charge >= 0.3 is 0 Å². The first-order valence-electron chi connectivity index (χ1n) is 8.83. The van der Waals surface area contributed by atoms with E-state index in [1.807, 2.05) is 20.8 Å². The Morgan fingerprint density at radius 2 is 2.12 bits per heavy atom. The molecule has 0 aliphatic carbocycles. The molecule has 1 aromatic rings. The van der Waals surface area contributed by atoms with Crippen molar-refractivity contribution in [2.45, 2.75) is 52.4 Å². The van der Waals surface area contributed by atoms with Gasteiger partial charge in [-0.15, -0.1) is 0 Å². The highest BCUT2D eigenvalue weighted by Gasteiger charge is 2.22. The SMILES string of the molecule is CCOc1cc2c(cc1CNC(=NC)NCC(C)(C)OC)OC(C)C2. The van der Waals surface area contributed by atoms with Gasteiger partial charge in [-0.05, 0) is 39.8 Å². The van der Waals surface area contributed by atoms with Crippen LogP contribution in [-0.4, -0.2) is 45.0 Å². The molecule has 0 fully saturated rings. The van der Waals surface area contributed by atoms with Gasteiger partial charge in [0.2, 0.25) is 0 Å². The summed E-state index contributed by atoms with van der Waals surface area (Å²) in [6.45, 7) is 10.0. The van der Waals surface area contributed by atoms with E-state index in [0.29, 0.717) is 19.7 Å². The van der Waals surface area contributed by atoms with Gasteiger partial charge in [-0.25, -0.2) is 0 Å². The Balaban J connectivity index is 2.05. The van der Waals surface area contributed by atoms with Crippen molar-refractivity contribution in [3.05, 3.63) is 23.3 Å². The number of guanidine groups is 1. The maximum Gasteiger partial charge on any atom is 0.191 e. The van der Waals surface area contributed by atoms with E-state index in [9.17, 15) is 0 Å². The van der Waals surface area contributed by atoms with Crippen molar-refractivity contribution < 1.29 is 14.2 Å². The minimum atomic E-state index is -0.258. The Morgan fingerprint density at radius 1 is 1.36 bits per heavy atom. The summed E-state index contributed by atoms with van der Waals surface area (Å²) in [5.41, 5.74) is 2.01. The lowest BCUT2D eigenvalue weighted by Crippen LogP contribution is -2.45. The molecule has 0 radical (unpaired) electrons. The molecule has 0 saturated carbocycles. The summed E-state index contributed by atoms with van der Waals surface area (Å²) in [5, 5.41) is 6.61. The predicted octanol–water partition coefficient (Wildman–Crippen LogP) is 2.50. The molecule has 6 nitrogen and oxygen atoms in total. The van der Waals surface area contributed by atoms with Crippen LogP contribution in [0.5, 0.6) is 11.5 Å². The molecule has 2 rings (SSSR count). The van der Waals surface area contributed by atoms with Crippen LogP contribution in [0.2, 0.25) is 0 Å². The minimum Gasteiger partial charge on any atom is -0.494 e. The van der Waals surface area contributed by atoms with Gasteiger partial charge in [0.05, 0.1) is 12.2 Å². The lowest BCUT2D eigenvalue weighted by Gasteiger charge is -2.24. The van der Waals surface area contributed by atoms with Crippen LogP contribution in [0.1, 0.15) is 38.8 Å². The average Bonchev–Trinajstić information content (AvgIpc) is 2.94. The first-order chi connectivity index (χ1) is 11.9. The first-order valence-corrected chi connectivity index (χ1v) is 8.83. The van der Waals surface area contributed by atoms with E-state index in [4.69, 9.17) is 14.2 Å². The van der Waals surface area contributed by atoms with Gasteiger partial charge < -0.3 is 24.8 Å².